The maximum Gasteiger partial charge on any atom is 0.230 e. The third kappa shape index (κ3) is 2.14. The van der Waals surface area contributed by atoms with E-state index in [1.807, 2.05) is 0 Å². The summed E-state index contributed by atoms with van der Waals surface area (Å²) in [7, 11) is 0. The number of thioether (sulfide) groups is 1. The monoisotopic (exact) mass is 246 g/mol. The van der Waals surface area contributed by atoms with Crippen LogP contribution in [0, 0.1) is 0 Å². The van der Waals surface area contributed by atoms with Gasteiger partial charge in [0.2, 0.25) is 12.3 Å². The number of hydrogen-bond acceptors (Lipinski definition) is 8. The zero-order chi connectivity index (χ0) is 11.7. The first-order valence-corrected chi connectivity index (χ1v) is 5.83. The van der Waals surface area contributed by atoms with Crippen molar-refractivity contribution in [2.75, 3.05) is 6.61 Å². The van der Waals surface area contributed by atoms with Gasteiger partial charge in [-0.2, -0.15) is 4.99 Å². The second-order valence-electron chi connectivity index (χ2n) is 3.64. The number of hydrogen-bond donors (Lipinski definition) is 4. The highest BCUT2D eigenvalue weighted by molar-refractivity contribution is 8.00. The van der Waals surface area contributed by atoms with Gasteiger partial charge in [0, 0.05) is 6.42 Å². The Kier molecular flexibility index (Phi) is 3.33. The molecule has 2 heterocycles. The average molecular weight is 246 g/mol. The van der Waals surface area contributed by atoms with Crippen LogP contribution in [0.2, 0.25) is 0 Å². The molecule has 8 heteroatoms. The highest BCUT2D eigenvalue weighted by Crippen LogP contribution is 2.36. The van der Waals surface area contributed by atoms with Gasteiger partial charge in [-0.05, 0) is 0 Å². The minimum Gasteiger partial charge on any atom is -0.395 e. The minimum atomic E-state index is -1.07. The van der Waals surface area contributed by atoms with Crippen molar-refractivity contribution >= 4 is 24.1 Å². The SMILES string of the molecule is NC1=NC(O)N([C@H]2C[C@@H](O)[C@@H](CO)S2)C=N1. The molecule has 0 aromatic rings. The van der Waals surface area contributed by atoms with Crippen molar-refractivity contribution in [3.8, 4) is 0 Å². The van der Waals surface area contributed by atoms with Crippen molar-refractivity contribution in [3.63, 3.8) is 0 Å². The Balaban J connectivity index is 2.03. The summed E-state index contributed by atoms with van der Waals surface area (Å²) < 4.78 is 0. The zero-order valence-corrected chi connectivity index (χ0v) is 9.29. The molecule has 0 radical (unpaired) electrons. The van der Waals surface area contributed by atoms with Crippen LogP contribution in [0.15, 0.2) is 9.98 Å². The van der Waals surface area contributed by atoms with Crippen molar-refractivity contribution in [1.29, 1.82) is 0 Å². The number of rotatable bonds is 2. The lowest BCUT2D eigenvalue weighted by atomic mass is 10.2. The van der Waals surface area contributed by atoms with Gasteiger partial charge < -0.3 is 26.0 Å². The van der Waals surface area contributed by atoms with Crippen molar-refractivity contribution < 1.29 is 15.3 Å². The van der Waals surface area contributed by atoms with E-state index in [1.54, 1.807) is 0 Å². The molecule has 5 N–H and O–H groups in total. The number of aliphatic imine (C=N–C) groups is 2. The van der Waals surface area contributed by atoms with Crippen LogP contribution >= 0.6 is 11.8 Å². The molecule has 0 aromatic heterocycles. The average Bonchev–Trinajstić information content (AvgIpc) is 2.59. The van der Waals surface area contributed by atoms with Crippen LogP contribution in [-0.4, -0.2) is 62.2 Å². The van der Waals surface area contributed by atoms with Gasteiger partial charge in [0.1, 0.15) is 0 Å². The van der Waals surface area contributed by atoms with E-state index in [4.69, 9.17) is 10.8 Å². The second-order valence-corrected chi connectivity index (χ2v) is 5.06. The van der Waals surface area contributed by atoms with Crippen molar-refractivity contribution in [2.24, 2.45) is 15.7 Å². The first-order valence-electron chi connectivity index (χ1n) is 4.89. The highest BCUT2D eigenvalue weighted by atomic mass is 32.2. The molecule has 0 bridgehead atoms. The van der Waals surface area contributed by atoms with Crippen LogP contribution in [0.3, 0.4) is 0 Å². The van der Waals surface area contributed by atoms with Gasteiger partial charge in [-0.3, -0.25) is 0 Å². The lowest BCUT2D eigenvalue weighted by molar-refractivity contribution is 0.0466. The normalized spacial score (nSPS) is 38.9. The number of aliphatic hydroxyl groups is 3. The number of aliphatic hydroxyl groups excluding tert-OH is 3. The number of guanidine groups is 1. The smallest absolute Gasteiger partial charge is 0.230 e. The van der Waals surface area contributed by atoms with Crippen molar-refractivity contribution in [3.05, 3.63) is 0 Å². The molecular weight excluding hydrogens is 232 g/mol. The van der Waals surface area contributed by atoms with Crippen LogP contribution in [0.4, 0.5) is 0 Å². The molecule has 2 rings (SSSR count). The Morgan fingerprint density at radius 2 is 2.31 bits per heavy atom. The fourth-order valence-corrected chi connectivity index (χ4v) is 3.08. The van der Waals surface area contributed by atoms with Gasteiger partial charge in [0.25, 0.3) is 0 Å². The van der Waals surface area contributed by atoms with Gasteiger partial charge >= 0.3 is 0 Å². The van der Waals surface area contributed by atoms with E-state index in [1.165, 1.54) is 23.0 Å². The summed E-state index contributed by atoms with van der Waals surface area (Å²) in [6.07, 6.45) is 0.217. The first-order chi connectivity index (χ1) is 7.61. The predicted octanol–water partition coefficient (Wildman–Crippen LogP) is -1.89. The Labute approximate surface area is 96.7 Å². The Morgan fingerprint density at radius 3 is 2.88 bits per heavy atom. The topological polar surface area (TPSA) is 115 Å². The summed E-state index contributed by atoms with van der Waals surface area (Å²) in [6, 6.07) is 0. The standard InChI is InChI=1S/C8H14N4O3S/c9-7-10-3-12(8(15)11-7)6-1-4(14)5(2-13)16-6/h3-6,8,13-15H,1-2H2,(H2,9,11)/t4-,5-,6-,8?/m1/s1. The zero-order valence-electron chi connectivity index (χ0n) is 8.47. The Morgan fingerprint density at radius 1 is 1.56 bits per heavy atom. The molecule has 2 aliphatic rings. The Hall–Kier alpha value is -0.830. The molecule has 16 heavy (non-hydrogen) atoms. The van der Waals surface area contributed by atoms with Gasteiger partial charge in [-0.15, -0.1) is 11.8 Å². The quantitative estimate of drug-likeness (QED) is 0.453. The first kappa shape index (κ1) is 11.6. The molecule has 90 valence electrons. The molecule has 1 unspecified atom stereocenters. The van der Waals surface area contributed by atoms with Crippen molar-refractivity contribution in [2.45, 2.75) is 29.5 Å². The van der Waals surface area contributed by atoms with Crippen LogP contribution in [0.1, 0.15) is 6.42 Å². The molecule has 0 aromatic carbocycles. The molecule has 0 amide bonds. The lowest BCUT2D eigenvalue weighted by Gasteiger charge is -2.30. The maximum absolute atomic E-state index is 9.65. The summed E-state index contributed by atoms with van der Waals surface area (Å²) in [4.78, 5) is 9.01. The minimum absolute atomic E-state index is 0.0333. The maximum atomic E-state index is 9.65. The molecule has 1 saturated heterocycles. The summed E-state index contributed by atoms with van der Waals surface area (Å²) in [5.74, 6) is 0.0333. The third-order valence-corrected chi connectivity index (χ3v) is 4.12. The fourth-order valence-electron chi connectivity index (χ4n) is 1.69. The molecule has 2 aliphatic heterocycles. The van der Waals surface area contributed by atoms with E-state index >= 15 is 0 Å². The molecule has 0 spiro atoms. The van der Waals surface area contributed by atoms with E-state index < -0.39 is 12.5 Å². The Bertz CT molecular complexity index is 324. The third-order valence-electron chi connectivity index (χ3n) is 2.55. The van der Waals surface area contributed by atoms with Crippen molar-refractivity contribution in [1.82, 2.24) is 4.90 Å². The molecule has 0 saturated carbocycles. The van der Waals surface area contributed by atoms with Gasteiger partial charge in [0.05, 0.1) is 29.7 Å². The fraction of sp³-hybridized carbons (Fsp3) is 0.750. The lowest BCUT2D eigenvalue weighted by Crippen LogP contribution is -2.42. The van der Waals surface area contributed by atoms with Crippen LogP contribution in [-0.2, 0) is 0 Å². The van der Waals surface area contributed by atoms with Crippen LogP contribution in [0.5, 0.6) is 0 Å². The molecular formula is C8H14N4O3S. The van der Waals surface area contributed by atoms with E-state index in [0.717, 1.165) is 0 Å². The second kappa shape index (κ2) is 4.58. The van der Waals surface area contributed by atoms with Gasteiger partial charge in [0.15, 0.2) is 0 Å². The van der Waals surface area contributed by atoms with E-state index in [9.17, 15) is 10.2 Å². The van der Waals surface area contributed by atoms with Gasteiger partial charge in [-0.1, -0.05) is 0 Å². The van der Waals surface area contributed by atoms with E-state index in [-0.39, 0.29) is 23.2 Å². The molecule has 0 aliphatic carbocycles. The largest absolute Gasteiger partial charge is 0.395 e. The van der Waals surface area contributed by atoms with Gasteiger partial charge in [-0.25, -0.2) is 4.99 Å². The molecule has 7 nitrogen and oxygen atoms in total. The van der Waals surface area contributed by atoms with Crippen LogP contribution in [0.25, 0.3) is 0 Å². The van der Waals surface area contributed by atoms with Crippen LogP contribution < -0.4 is 5.73 Å². The summed E-state index contributed by atoms with van der Waals surface area (Å²) in [6.45, 7) is -0.0885. The number of nitrogens with two attached hydrogens (primary N) is 1. The highest BCUT2D eigenvalue weighted by Gasteiger charge is 2.38. The summed E-state index contributed by atoms with van der Waals surface area (Å²) in [5, 5.41) is 27.9. The van der Waals surface area contributed by atoms with E-state index in [0.29, 0.717) is 6.42 Å². The number of nitrogens with zero attached hydrogens (tertiary/aromatic N) is 3. The summed E-state index contributed by atoms with van der Waals surface area (Å²) in [5.41, 5.74) is 5.34. The molecule has 4 atom stereocenters. The predicted molar refractivity (Wildman–Crippen MR) is 60.8 cm³/mol. The summed E-state index contributed by atoms with van der Waals surface area (Å²) >= 11 is 1.39. The van der Waals surface area contributed by atoms with E-state index in [2.05, 4.69) is 9.98 Å². The molecule has 1 fully saturated rings.